The normalized spacial score (nSPS) is 15.8. The smallest absolute Gasteiger partial charge is 0.0774 e. The van der Waals surface area contributed by atoms with E-state index in [1.807, 2.05) is 0 Å². The second-order valence-corrected chi connectivity index (χ2v) is 12.1. The van der Waals surface area contributed by atoms with Gasteiger partial charge in [-0.3, -0.25) is 0 Å². The Bertz CT molecular complexity index is 208. The van der Waals surface area contributed by atoms with Crippen LogP contribution in [0.4, 0.5) is 0 Å². The highest BCUT2D eigenvalue weighted by Gasteiger charge is 2.79. The first kappa shape index (κ1) is 19.0. The first-order chi connectivity index (χ1) is 6.69. The molecule has 0 saturated heterocycles. The summed E-state index contributed by atoms with van der Waals surface area (Å²) in [5, 5.41) is 0. The van der Waals surface area contributed by atoms with Gasteiger partial charge in [0.15, 0.2) is 0 Å². The molecule has 16 heavy (non-hydrogen) atoms. The fourth-order valence-corrected chi connectivity index (χ4v) is 10.6. The molecular weight excluding hydrogens is 423 g/mol. The van der Waals surface area contributed by atoms with Crippen LogP contribution >= 0.6 is 104 Å². The van der Waals surface area contributed by atoms with Crippen molar-refractivity contribution in [3.8, 4) is 0 Å². The third-order valence-corrected chi connectivity index (χ3v) is 7.51. The average Bonchev–Trinajstić information content (AvgIpc) is 1.71. The number of hydrogen-bond donors (Lipinski definition) is 0. The summed E-state index contributed by atoms with van der Waals surface area (Å²) in [6.45, 7) is 0. The van der Waals surface area contributed by atoms with Crippen molar-refractivity contribution in [2.45, 2.75) is 16.1 Å². The summed E-state index contributed by atoms with van der Waals surface area (Å²) in [7, 11) is -0.808. The van der Waals surface area contributed by atoms with Crippen LogP contribution in [0.25, 0.3) is 0 Å². The summed E-state index contributed by atoms with van der Waals surface area (Å²) in [5.74, 6) is 0. The first-order valence-corrected chi connectivity index (χ1v) is 8.91. The van der Waals surface area contributed by atoms with Crippen LogP contribution in [-0.2, 0) is 10.9 Å². The van der Waals surface area contributed by atoms with E-state index in [1.54, 1.807) is 12.5 Å². The van der Waals surface area contributed by atoms with Crippen molar-refractivity contribution in [3.05, 3.63) is 0 Å². The van der Waals surface area contributed by atoms with Gasteiger partial charge in [0.1, 0.15) is 0 Å². The largest absolute Gasteiger partial charge is 0.266 e. The predicted molar refractivity (Wildman–Crippen MR) is 82.8 cm³/mol. The van der Waals surface area contributed by atoms with Crippen LogP contribution in [0.15, 0.2) is 0 Å². The third-order valence-electron chi connectivity index (χ3n) is 1.81. The maximum Gasteiger partial charge on any atom is 0.266 e. The Morgan fingerprint density at radius 3 is 0.750 bits per heavy atom. The van der Waals surface area contributed by atoms with Crippen molar-refractivity contribution in [2.75, 3.05) is 12.5 Å². The van der Waals surface area contributed by atoms with Crippen LogP contribution in [0.3, 0.4) is 0 Å². The molecule has 0 atom stereocenters. The zero-order valence-corrected chi connectivity index (χ0v) is 15.4. The monoisotopic (exact) mass is 425 g/mol. The van der Waals surface area contributed by atoms with Crippen molar-refractivity contribution >= 4 is 115 Å². The Labute approximate surface area is 142 Å². The summed E-state index contributed by atoms with van der Waals surface area (Å²) in [5.41, 5.74) is 0. The van der Waals surface area contributed by atoms with E-state index in [-0.39, 0.29) is 0 Å². The van der Waals surface area contributed by atoms with Crippen LogP contribution in [0.1, 0.15) is 0 Å². The summed E-state index contributed by atoms with van der Waals surface area (Å²) in [6.07, 6.45) is 3.32. The topological polar surface area (TPSA) is 0 Å². The van der Waals surface area contributed by atoms with E-state index in [2.05, 4.69) is 0 Å². The molecule has 0 N–H and O–H groups in total. The second-order valence-electron chi connectivity index (χ2n) is 2.99. The number of hydrogen-bond acceptors (Lipinski definition) is 0. The quantitative estimate of drug-likeness (QED) is 0.370. The van der Waals surface area contributed by atoms with Gasteiger partial charge < -0.3 is 0 Å². The summed E-state index contributed by atoms with van der Waals surface area (Å²) in [6, 6.07) is 0. The Kier molecular flexibility index (Phi) is 6.82. The van der Waals surface area contributed by atoms with E-state index in [1.165, 1.54) is 0 Å². The molecule has 0 bridgehead atoms. The van der Waals surface area contributed by atoms with Gasteiger partial charge >= 0.3 is 0 Å². The van der Waals surface area contributed by atoms with Crippen molar-refractivity contribution in [1.82, 2.24) is 0 Å². The average molecular weight is 429 g/mol. The molecule has 0 aromatic carbocycles. The van der Waals surface area contributed by atoms with Crippen LogP contribution < -0.4 is 0 Å². The molecule has 0 saturated carbocycles. The number of halogens is 9. The van der Waals surface area contributed by atoms with Gasteiger partial charge in [-0.2, -0.15) is 0 Å². The summed E-state index contributed by atoms with van der Waals surface area (Å²) in [4.78, 5) is 0. The minimum absolute atomic E-state index is 0.808. The Balaban J connectivity index is 6.05. The SMILES string of the molecule is C[S+](C)C(C(Cl)(Cl)Cl)(C(Cl)(Cl)Cl)C(Cl)(Cl)Cl. The molecule has 0 aliphatic heterocycles. The lowest BCUT2D eigenvalue weighted by molar-refractivity contribution is 0.616. The maximum atomic E-state index is 5.85. The molecule has 0 aliphatic carbocycles. The Morgan fingerprint density at radius 1 is 0.562 bits per heavy atom. The summed E-state index contributed by atoms with van der Waals surface area (Å²) < 4.78 is -7.95. The third kappa shape index (κ3) is 3.34. The second kappa shape index (κ2) is 5.76. The van der Waals surface area contributed by atoms with Crippen molar-refractivity contribution < 1.29 is 0 Å². The molecule has 0 rings (SSSR count). The van der Waals surface area contributed by atoms with Crippen LogP contribution in [-0.4, -0.2) is 28.6 Å². The van der Waals surface area contributed by atoms with E-state index in [9.17, 15) is 0 Å². The molecule has 0 unspecified atom stereocenters. The highest BCUT2D eigenvalue weighted by atomic mass is 35.6. The molecule has 0 spiro atoms. The Morgan fingerprint density at radius 2 is 0.750 bits per heavy atom. The van der Waals surface area contributed by atoms with E-state index >= 15 is 0 Å². The van der Waals surface area contributed by atoms with Gasteiger partial charge in [-0.05, 0) is 0 Å². The lowest BCUT2D eigenvalue weighted by Crippen LogP contribution is -2.66. The molecular formula is C6H6Cl9S+. The van der Waals surface area contributed by atoms with Gasteiger partial charge in [0.05, 0.1) is 12.5 Å². The minimum Gasteiger partial charge on any atom is -0.0774 e. The number of rotatable bonds is 1. The van der Waals surface area contributed by atoms with Crippen molar-refractivity contribution in [2.24, 2.45) is 0 Å². The molecule has 0 aromatic rings. The molecule has 0 amide bonds. The first-order valence-electron chi connectivity index (χ1n) is 3.47. The summed E-state index contributed by atoms with van der Waals surface area (Å²) >= 11 is 52.7. The lowest BCUT2D eigenvalue weighted by atomic mass is 10.2. The van der Waals surface area contributed by atoms with Gasteiger partial charge in [-0.25, -0.2) is 0 Å². The Hall–Kier alpha value is 2.96. The molecule has 0 nitrogen and oxygen atoms in total. The van der Waals surface area contributed by atoms with Crippen molar-refractivity contribution in [3.63, 3.8) is 0 Å². The van der Waals surface area contributed by atoms with Gasteiger partial charge in [0.2, 0.25) is 11.4 Å². The molecule has 0 fully saturated rings. The van der Waals surface area contributed by atoms with Crippen molar-refractivity contribution in [1.29, 1.82) is 0 Å². The molecule has 10 heteroatoms. The minimum atomic E-state index is -2.06. The van der Waals surface area contributed by atoms with E-state index in [4.69, 9.17) is 104 Å². The molecule has 98 valence electrons. The van der Waals surface area contributed by atoms with Gasteiger partial charge in [0.25, 0.3) is 4.75 Å². The van der Waals surface area contributed by atoms with Gasteiger partial charge in [0, 0.05) is 10.9 Å². The highest BCUT2D eigenvalue weighted by Crippen LogP contribution is 2.64. The lowest BCUT2D eigenvalue weighted by Gasteiger charge is -2.44. The highest BCUT2D eigenvalue weighted by molar-refractivity contribution is 7.97. The fourth-order valence-electron chi connectivity index (χ4n) is 1.18. The zero-order valence-electron chi connectivity index (χ0n) is 7.81. The number of alkyl halides is 9. The van der Waals surface area contributed by atoms with Crippen LogP contribution in [0, 0.1) is 0 Å². The van der Waals surface area contributed by atoms with E-state index < -0.39 is 27.0 Å². The standard InChI is InChI=1S/C6H6Cl9S/c1-16(2)3(4(7,8)9,5(10,11)12)6(13,14)15/h1-2H3/q+1. The maximum absolute atomic E-state index is 5.85. The zero-order chi connectivity index (χ0) is 13.6. The van der Waals surface area contributed by atoms with E-state index in [0.29, 0.717) is 0 Å². The predicted octanol–water partition coefficient (Wildman–Crippen LogP) is 5.71. The van der Waals surface area contributed by atoms with Gasteiger partial charge in [-0.15, -0.1) is 0 Å². The van der Waals surface area contributed by atoms with Gasteiger partial charge in [-0.1, -0.05) is 104 Å². The molecule has 0 radical (unpaired) electrons. The molecule has 0 aromatic heterocycles. The van der Waals surface area contributed by atoms with E-state index in [0.717, 1.165) is 0 Å². The van der Waals surface area contributed by atoms with Crippen LogP contribution in [0.2, 0.25) is 0 Å². The fraction of sp³-hybridized carbons (Fsp3) is 1.00. The molecule has 0 aliphatic rings. The molecule has 0 heterocycles. The van der Waals surface area contributed by atoms with Crippen LogP contribution in [0.5, 0.6) is 0 Å².